The van der Waals surface area contributed by atoms with Gasteiger partial charge in [0.05, 0.1) is 56.4 Å². The number of ketones is 5. The summed E-state index contributed by atoms with van der Waals surface area (Å²) in [6.07, 6.45) is 5.83. The summed E-state index contributed by atoms with van der Waals surface area (Å²) < 4.78 is 14.1. The van der Waals surface area contributed by atoms with Crippen LogP contribution in [0, 0.1) is 119 Å². The number of pyridine rings is 5. The van der Waals surface area contributed by atoms with Crippen LogP contribution < -0.4 is 0 Å². The van der Waals surface area contributed by atoms with E-state index in [1.165, 1.54) is 166 Å². The van der Waals surface area contributed by atoms with Crippen molar-refractivity contribution in [2.45, 2.75) is 152 Å². The van der Waals surface area contributed by atoms with Crippen molar-refractivity contribution in [2.24, 2.45) is 0 Å². The van der Waals surface area contributed by atoms with Crippen molar-refractivity contribution in [3.63, 3.8) is 0 Å². The van der Waals surface area contributed by atoms with Crippen LogP contribution in [0.4, 0.5) is 4.39 Å². The molecule has 5 radical (unpaired) electrons. The molecule has 15 nitrogen and oxygen atoms in total. The molecule has 0 fully saturated rings. The van der Waals surface area contributed by atoms with E-state index in [2.05, 4.69) is 280 Å². The minimum absolute atomic E-state index is 0. The number of fused-ring (bicyclic) bond motifs is 5. The molecule has 5 aromatic heterocycles. The number of hydrogen-bond acceptors (Lipinski definition) is 15. The van der Waals surface area contributed by atoms with Crippen molar-refractivity contribution in [3.8, 4) is 67.4 Å². The number of aromatic nitrogens is 5. The van der Waals surface area contributed by atoms with Gasteiger partial charge < -0.3 is 25.5 Å². The minimum atomic E-state index is -0.242. The molecule has 0 unspecified atom stereocenters. The Bertz CT molecular complexity index is 6640. The number of aryl methyl sites for hydroxylation is 12. The third-order valence-corrected chi connectivity index (χ3v) is 19.0. The van der Waals surface area contributed by atoms with Crippen LogP contribution in [-0.2, 0) is 124 Å². The summed E-state index contributed by atoms with van der Waals surface area (Å²) >= 11 is 0. The van der Waals surface area contributed by atoms with Gasteiger partial charge in [0.1, 0.15) is 5.82 Å². The number of allylic oxidation sites excluding steroid dienone is 10. The largest absolute Gasteiger partial charge is 0.512 e. The van der Waals surface area contributed by atoms with Crippen molar-refractivity contribution in [1.29, 1.82) is 0 Å². The molecule has 0 saturated heterocycles. The Kier molecular flexibility index (Phi) is 54.1. The van der Waals surface area contributed by atoms with Crippen LogP contribution >= 0.6 is 0 Å². The van der Waals surface area contributed by atoms with Crippen LogP contribution in [0.2, 0.25) is 0 Å². The monoisotopic (exact) mass is 2750 g/mol. The molecule has 21 heteroatoms. The number of benzene rings is 11. The number of hydrogen-bond donors (Lipinski definition) is 5. The first-order valence-corrected chi connectivity index (χ1v) is 43.5. The van der Waals surface area contributed by atoms with Crippen LogP contribution in [-0.4, -0.2) is 79.4 Å². The standard InChI is InChI=1S/C23H18N.2C18H16N.C17H13FN.C17H14N.5C5H8O2.5Ir/c1-16-12-17(2)14-21(13-16)23-11-9-20-15-19(8-10-22(20)24-23)18-6-4-3-5-7-18;1-12-4-6-17-15(9-12)5-7-18(19-17)16-10-13(2)8-14(3)11-16;1-12-8-13(2)10-15(9-12)18-11-14(3)16-6-4-5-7-17(16)19-18;1-11-7-12(2)9-13(8-11)17-10-15(18)14-5-3-4-6-16(14)19-17;1-12-9-13(2)11-15(10-12)17-8-7-14-5-3-4-6-16(14)18-17;5*1-4(6)3-5(2)7;;;;;/h3-13,15H,1-2H3;4-10H,1-3H3;4-9,11H,1-3H3;3-8,10H,1-2H3;3-10H,1-2H3;5*3,6H,1-2H3;;;;;/q5*-1;;;;;;;;;;. The van der Waals surface area contributed by atoms with Gasteiger partial charge in [0, 0.05) is 142 Å². The summed E-state index contributed by atoms with van der Waals surface area (Å²) in [6.45, 7) is 39.2. The fourth-order valence-corrected chi connectivity index (χ4v) is 14.1. The van der Waals surface area contributed by atoms with Crippen molar-refractivity contribution in [3.05, 3.63) is 411 Å². The number of carbonyl (C=O) groups is 5. The van der Waals surface area contributed by atoms with Gasteiger partial charge in [0.2, 0.25) is 0 Å². The molecule has 11 aromatic carbocycles. The predicted molar refractivity (Wildman–Crippen MR) is 548 cm³/mol. The van der Waals surface area contributed by atoms with Gasteiger partial charge in [-0.15, -0.1) is 174 Å². The third-order valence-electron chi connectivity index (χ3n) is 19.0. The molecule has 0 saturated carbocycles. The van der Waals surface area contributed by atoms with Gasteiger partial charge in [-0.05, 0) is 199 Å². The second kappa shape index (κ2) is 61.2. The first-order valence-electron chi connectivity index (χ1n) is 43.5. The number of carbonyl (C=O) groups excluding carboxylic acids is 5. The van der Waals surface area contributed by atoms with E-state index in [0.717, 1.165) is 111 Å². The maximum atomic E-state index is 14.1. The van der Waals surface area contributed by atoms with Gasteiger partial charge in [-0.3, -0.25) is 48.9 Å². The first-order chi connectivity index (χ1) is 63.4. The summed E-state index contributed by atoms with van der Waals surface area (Å²) in [5.74, 6) is -0.555. The van der Waals surface area contributed by atoms with E-state index in [-0.39, 0.29) is 164 Å². The molecule has 139 heavy (non-hydrogen) atoms. The third kappa shape index (κ3) is 43.7. The van der Waals surface area contributed by atoms with E-state index in [1.807, 2.05) is 74.5 Å². The van der Waals surface area contributed by atoms with Gasteiger partial charge in [-0.1, -0.05) is 208 Å². The molecule has 0 spiro atoms. The predicted octanol–water partition coefficient (Wildman–Crippen LogP) is 29.2. The van der Waals surface area contributed by atoms with Crippen molar-refractivity contribution < 1.29 is 154 Å². The van der Waals surface area contributed by atoms with E-state index in [4.69, 9.17) is 45.5 Å². The zero-order valence-corrected chi connectivity index (χ0v) is 94.1. The van der Waals surface area contributed by atoms with Crippen LogP contribution in [0.3, 0.4) is 0 Å². The molecule has 731 valence electrons. The van der Waals surface area contributed by atoms with Gasteiger partial charge >= 0.3 is 0 Å². The number of aliphatic hydroxyl groups excluding tert-OH is 5. The van der Waals surface area contributed by atoms with E-state index in [9.17, 15) is 28.4 Å². The molecule has 16 aromatic rings. The average molecular weight is 2750 g/mol. The maximum Gasteiger partial charge on any atom is 0.155 e. The summed E-state index contributed by atoms with van der Waals surface area (Å²) in [5, 5.41) is 47.1. The molecular weight excluding hydrogens is 2630 g/mol. The van der Waals surface area contributed by atoms with Gasteiger partial charge in [-0.2, -0.15) is 0 Å². The normalized spacial score (nSPS) is 10.6. The molecule has 0 aliphatic rings. The van der Waals surface area contributed by atoms with Crippen LogP contribution in [0.5, 0.6) is 0 Å². The molecule has 0 bridgehead atoms. The van der Waals surface area contributed by atoms with E-state index >= 15 is 0 Å². The molecule has 0 atom stereocenters. The zero-order chi connectivity index (χ0) is 98.6. The van der Waals surface area contributed by atoms with Crippen molar-refractivity contribution in [2.75, 3.05) is 0 Å². The summed E-state index contributed by atoms with van der Waals surface area (Å²) in [7, 11) is 0. The van der Waals surface area contributed by atoms with Crippen LogP contribution in [0.1, 0.15) is 136 Å². The summed E-state index contributed by atoms with van der Waals surface area (Å²) in [4.78, 5) is 73.6. The van der Waals surface area contributed by atoms with Gasteiger partial charge in [0.25, 0.3) is 0 Å². The van der Waals surface area contributed by atoms with Crippen molar-refractivity contribution >= 4 is 83.4 Å². The topological polar surface area (TPSA) is 251 Å². The number of aliphatic hydroxyl groups is 5. The summed E-state index contributed by atoms with van der Waals surface area (Å²) in [5.41, 5.74) is 31.2. The number of para-hydroxylation sites is 3. The number of halogens is 1. The van der Waals surface area contributed by atoms with Gasteiger partial charge in [0.15, 0.2) is 28.9 Å². The van der Waals surface area contributed by atoms with Crippen LogP contribution in [0.15, 0.2) is 308 Å². The Balaban J connectivity index is 0.000000538. The molecular formula is C118H117FIr5N5O10-5. The molecule has 16 rings (SSSR count). The Morgan fingerprint density at radius 3 is 0.856 bits per heavy atom. The van der Waals surface area contributed by atoms with E-state index < -0.39 is 0 Å². The van der Waals surface area contributed by atoms with Gasteiger partial charge in [-0.25, -0.2) is 4.39 Å². The second-order valence-electron chi connectivity index (χ2n) is 32.9. The van der Waals surface area contributed by atoms with Crippen LogP contribution in [0.25, 0.3) is 122 Å². The Morgan fingerprint density at radius 1 is 0.245 bits per heavy atom. The fraction of sp³-hybridized carbons (Fsp3) is 0.186. The molecule has 0 amide bonds. The minimum Gasteiger partial charge on any atom is -0.512 e. The van der Waals surface area contributed by atoms with E-state index in [1.54, 1.807) is 6.07 Å². The quantitative estimate of drug-likeness (QED) is 0.0459. The zero-order valence-electron chi connectivity index (χ0n) is 82.1. The molecule has 5 N–H and O–H groups in total. The second-order valence-corrected chi connectivity index (χ2v) is 32.9. The smallest absolute Gasteiger partial charge is 0.155 e. The molecule has 0 aliphatic heterocycles. The molecule has 0 aliphatic carbocycles. The van der Waals surface area contributed by atoms with Crippen molar-refractivity contribution in [1.82, 2.24) is 24.9 Å². The SMILES string of the molecule is CC(=O)C=C(C)O.CC(=O)C=C(C)O.CC(=O)C=C(C)O.CC(=O)C=C(C)O.CC(=O)C=C(C)O.Cc1[c-]c(-c2cc(C)c3ccccc3n2)cc(C)c1.Cc1[c-]c(-c2cc(F)c3ccccc3n2)cc(C)c1.Cc1[c-]c(-c2ccc3cc(-c4ccccc4)ccc3n2)cc(C)c1.Cc1[c-]c(-c2ccc3cc(C)ccc3n2)cc(C)c1.Cc1[c-]c(-c2ccc3ccccc3n2)cc(C)c1.[Ir].[Ir].[Ir].[Ir].[Ir]. The average Bonchev–Trinajstić information content (AvgIpc) is 0.776. The number of rotatable bonds is 11. The first kappa shape index (κ1) is 123. The molecule has 5 heterocycles. The Morgan fingerprint density at radius 2 is 0.518 bits per heavy atom. The Labute approximate surface area is 885 Å². The van der Waals surface area contributed by atoms with E-state index in [0.29, 0.717) is 16.6 Å². The fourth-order valence-electron chi connectivity index (χ4n) is 14.1. The summed E-state index contributed by atoms with van der Waals surface area (Å²) in [6, 6.07) is 101. The number of nitrogens with zero attached hydrogens (tertiary/aromatic N) is 5. The Hall–Kier alpha value is -12.3. The maximum absolute atomic E-state index is 14.1.